The highest BCUT2D eigenvalue weighted by Crippen LogP contribution is 2.37. The SMILES string of the molecule is CCC[C@@H](C)NC(=O)COc1ncnc2scc(-c3ccc(F)cc3)c12. The molecular formula is C19H20FN3O2S. The molecule has 0 aliphatic rings. The van der Waals surface area contributed by atoms with Gasteiger partial charge in [0.15, 0.2) is 6.61 Å². The van der Waals surface area contributed by atoms with Gasteiger partial charge in [0.25, 0.3) is 5.91 Å². The topological polar surface area (TPSA) is 64.1 Å². The third-order valence-corrected chi connectivity index (χ3v) is 4.85. The quantitative estimate of drug-likeness (QED) is 0.675. The van der Waals surface area contributed by atoms with Gasteiger partial charge < -0.3 is 10.1 Å². The van der Waals surface area contributed by atoms with E-state index in [-0.39, 0.29) is 24.4 Å². The van der Waals surface area contributed by atoms with Crippen molar-refractivity contribution in [2.75, 3.05) is 6.61 Å². The zero-order valence-electron chi connectivity index (χ0n) is 14.7. The van der Waals surface area contributed by atoms with Gasteiger partial charge in [-0.15, -0.1) is 11.3 Å². The highest BCUT2D eigenvalue weighted by atomic mass is 32.1. The molecule has 0 spiro atoms. The van der Waals surface area contributed by atoms with Crippen LogP contribution in [0.2, 0.25) is 0 Å². The average Bonchev–Trinajstić information content (AvgIpc) is 3.05. The van der Waals surface area contributed by atoms with Crippen molar-refractivity contribution in [3.05, 3.63) is 41.8 Å². The summed E-state index contributed by atoms with van der Waals surface area (Å²) in [6, 6.07) is 6.33. The number of ether oxygens (including phenoxy) is 1. The van der Waals surface area contributed by atoms with E-state index in [2.05, 4.69) is 22.2 Å². The Labute approximate surface area is 155 Å². The van der Waals surface area contributed by atoms with Crippen LogP contribution in [0.5, 0.6) is 5.88 Å². The van der Waals surface area contributed by atoms with Crippen molar-refractivity contribution in [3.63, 3.8) is 0 Å². The highest BCUT2D eigenvalue weighted by molar-refractivity contribution is 7.17. The second-order valence-corrected chi connectivity index (χ2v) is 6.92. The Balaban J connectivity index is 1.81. The van der Waals surface area contributed by atoms with Crippen molar-refractivity contribution in [1.29, 1.82) is 0 Å². The second-order valence-electron chi connectivity index (χ2n) is 6.06. The number of amides is 1. The van der Waals surface area contributed by atoms with E-state index < -0.39 is 0 Å². The fourth-order valence-electron chi connectivity index (χ4n) is 2.75. The third kappa shape index (κ3) is 4.16. The van der Waals surface area contributed by atoms with E-state index in [1.807, 2.05) is 12.3 Å². The van der Waals surface area contributed by atoms with Gasteiger partial charge in [0.1, 0.15) is 17.0 Å². The standard InChI is InChI=1S/C19H20FN3O2S/c1-3-4-12(2)23-16(24)9-25-18-17-15(10-26-19(17)22-11-21-18)13-5-7-14(20)8-6-13/h5-8,10-12H,3-4,9H2,1-2H3,(H,23,24)/t12-/m1/s1. The molecule has 0 saturated heterocycles. The zero-order valence-corrected chi connectivity index (χ0v) is 15.5. The van der Waals surface area contributed by atoms with Gasteiger partial charge in [-0.3, -0.25) is 4.79 Å². The smallest absolute Gasteiger partial charge is 0.258 e. The number of carbonyl (C=O) groups excluding carboxylic acids is 1. The fourth-order valence-corrected chi connectivity index (χ4v) is 3.66. The molecule has 1 atom stereocenters. The molecule has 136 valence electrons. The van der Waals surface area contributed by atoms with Gasteiger partial charge in [0.2, 0.25) is 5.88 Å². The maximum absolute atomic E-state index is 13.2. The summed E-state index contributed by atoms with van der Waals surface area (Å²) in [6.45, 7) is 3.93. The van der Waals surface area contributed by atoms with Crippen molar-refractivity contribution < 1.29 is 13.9 Å². The van der Waals surface area contributed by atoms with E-state index in [0.29, 0.717) is 5.88 Å². The van der Waals surface area contributed by atoms with Crippen LogP contribution in [-0.2, 0) is 4.79 Å². The molecule has 1 N–H and O–H groups in total. The number of rotatable bonds is 7. The number of thiophene rings is 1. The lowest BCUT2D eigenvalue weighted by Gasteiger charge is -2.13. The summed E-state index contributed by atoms with van der Waals surface area (Å²) < 4.78 is 18.9. The largest absolute Gasteiger partial charge is 0.467 e. The van der Waals surface area contributed by atoms with Crippen LogP contribution in [0.25, 0.3) is 21.3 Å². The predicted octanol–water partition coefficient (Wildman–Crippen LogP) is 4.18. The van der Waals surface area contributed by atoms with E-state index in [4.69, 9.17) is 4.74 Å². The van der Waals surface area contributed by atoms with Crippen LogP contribution in [0.3, 0.4) is 0 Å². The zero-order chi connectivity index (χ0) is 18.5. The maximum atomic E-state index is 13.2. The molecule has 0 bridgehead atoms. The first-order valence-electron chi connectivity index (χ1n) is 8.48. The Morgan fingerprint density at radius 3 is 2.81 bits per heavy atom. The van der Waals surface area contributed by atoms with Crippen molar-refractivity contribution in [2.24, 2.45) is 0 Å². The molecule has 0 fully saturated rings. The van der Waals surface area contributed by atoms with Crippen LogP contribution in [0.1, 0.15) is 26.7 Å². The van der Waals surface area contributed by atoms with E-state index in [1.165, 1.54) is 29.8 Å². The van der Waals surface area contributed by atoms with Gasteiger partial charge in [-0.2, -0.15) is 0 Å². The van der Waals surface area contributed by atoms with E-state index in [9.17, 15) is 9.18 Å². The molecule has 2 aromatic heterocycles. The number of nitrogens with one attached hydrogen (secondary N) is 1. The summed E-state index contributed by atoms with van der Waals surface area (Å²) in [5.41, 5.74) is 1.71. The molecule has 0 saturated carbocycles. The van der Waals surface area contributed by atoms with Crippen molar-refractivity contribution in [1.82, 2.24) is 15.3 Å². The lowest BCUT2D eigenvalue weighted by molar-refractivity contribution is -0.123. The second kappa shape index (κ2) is 8.23. The van der Waals surface area contributed by atoms with Crippen molar-refractivity contribution in [2.45, 2.75) is 32.7 Å². The van der Waals surface area contributed by atoms with Gasteiger partial charge in [-0.25, -0.2) is 14.4 Å². The minimum absolute atomic E-state index is 0.109. The predicted molar refractivity (Wildman–Crippen MR) is 101 cm³/mol. The number of carbonyl (C=O) groups is 1. The van der Waals surface area contributed by atoms with Crippen LogP contribution < -0.4 is 10.1 Å². The normalized spacial score (nSPS) is 12.1. The molecule has 3 rings (SSSR count). The molecule has 1 amide bonds. The molecule has 2 heterocycles. The first-order chi connectivity index (χ1) is 12.6. The summed E-state index contributed by atoms with van der Waals surface area (Å²) in [5.74, 6) is -0.121. The van der Waals surface area contributed by atoms with E-state index in [0.717, 1.165) is 34.2 Å². The van der Waals surface area contributed by atoms with Crippen molar-refractivity contribution >= 4 is 27.5 Å². The number of hydrogen-bond donors (Lipinski definition) is 1. The lowest BCUT2D eigenvalue weighted by Crippen LogP contribution is -2.36. The van der Waals surface area contributed by atoms with Gasteiger partial charge in [-0.05, 0) is 31.0 Å². The number of hydrogen-bond acceptors (Lipinski definition) is 5. The van der Waals surface area contributed by atoms with Crippen LogP contribution in [0, 0.1) is 5.82 Å². The van der Waals surface area contributed by atoms with E-state index >= 15 is 0 Å². The Hall–Kier alpha value is -2.54. The Morgan fingerprint density at radius 2 is 2.08 bits per heavy atom. The molecule has 0 unspecified atom stereocenters. The van der Waals surface area contributed by atoms with Crippen LogP contribution >= 0.6 is 11.3 Å². The average molecular weight is 373 g/mol. The number of benzene rings is 1. The Kier molecular flexibility index (Phi) is 5.78. The molecule has 3 aromatic rings. The monoisotopic (exact) mass is 373 g/mol. The Morgan fingerprint density at radius 1 is 1.31 bits per heavy atom. The molecule has 1 aromatic carbocycles. The lowest BCUT2D eigenvalue weighted by atomic mass is 10.1. The maximum Gasteiger partial charge on any atom is 0.258 e. The molecule has 0 aliphatic heterocycles. The molecular weight excluding hydrogens is 353 g/mol. The minimum atomic E-state index is -0.293. The first kappa shape index (κ1) is 18.3. The highest BCUT2D eigenvalue weighted by Gasteiger charge is 2.16. The molecule has 0 radical (unpaired) electrons. The summed E-state index contributed by atoms with van der Waals surface area (Å²) in [4.78, 5) is 21.3. The number of nitrogens with zero attached hydrogens (tertiary/aromatic N) is 2. The molecule has 26 heavy (non-hydrogen) atoms. The summed E-state index contributed by atoms with van der Waals surface area (Å²) in [6.07, 6.45) is 3.34. The Bertz CT molecular complexity index is 895. The number of fused-ring (bicyclic) bond motifs is 1. The molecule has 0 aliphatic carbocycles. The molecule has 7 heteroatoms. The number of aromatic nitrogens is 2. The summed E-state index contributed by atoms with van der Waals surface area (Å²) in [5, 5.41) is 5.57. The van der Waals surface area contributed by atoms with Crippen LogP contribution in [0.4, 0.5) is 4.39 Å². The number of halogens is 1. The third-order valence-electron chi connectivity index (χ3n) is 3.96. The van der Waals surface area contributed by atoms with Crippen LogP contribution in [0.15, 0.2) is 36.0 Å². The van der Waals surface area contributed by atoms with Crippen molar-refractivity contribution in [3.8, 4) is 17.0 Å². The van der Waals surface area contributed by atoms with Gasteiger partial charge >= 0.3 is 0 Å². The summed E-state index contributed by atoms with van der Waals surface area (Å²) >= 11 is 1.45. The first-order valence-corrected chi connectivity index (χ1v) is 9.36. The fraction of sp³-hybridized carbons (Fsp3) is 0.316. The summed E-state index contributed by atoms with van der Waals surface area (Å²) in [7, 11) is 0. The minimum Gasteiger partial charge on any atom is -0.467 e. The van der Waals surface area contributed by atoms with Gasteiger partial charge in [0, 0.05) is 17.0 Å². The van der Waals surface area contributed by atoms with Gasteiger partial charge in [0.05, 0.1) is 5.39 Å². The van der Waals surface area contributed by atoms with Gasteiger partial charge in [-0.1, -0.05) is 25.5 Å². The van der Waals surface area contributed by atoms with E-state index in [1.54, 1.807) is 12.1 Å². The molecule has 5 nitrogen and oxygen atoms in total. The van der Waals surface area contributed by atoms with Crippen LogP contribution in [-0.4, -0.2) is 28.5 Å².